The largest absolute Gasteiger partial charge is 0.296 e. The maximum absolute atomic E-state index is 12.3. The molecule has 0 fully saturated rings. The highest BCUT2D eigenvalue weighted by Gasteiger charge is 2.08. The first-order valence-corrected chi connectivity index (χ1v) is 6.98. The zero-order chi connectivity index (χ0) is 13.9. The Morgan fingerprint density at radius 2 is 1.95 bits per heavy atom. The molecular formula is C15H12BrN3O. The van der Waals surface area contributed by atoms with Gasteiger partial charge in [0.2, 0.25) is 0 Å². The second kappa shape index (κ2) is 5.46. The monoisotopic (exact) mass is 329 g/mol. The topological polar surface area (TPSA) is 50.7 Å². The lowest BCUT2D eigenvalue weighted by atomic mass is 10.1. The van der Waals surface area contributed by atoms with Gasteiger partial charge in [-0.05, 0) is 29.8 Å². The van der Waals surface area contributed by atoms with E-state index in [2.05, 4.69) is 26.0 Å². The van der Waals surface area contributed by atoms with E-state index in [0.717, 1.165) is 15.6 Å². The van der Waals surface area contributed by atoms with E-state index in [0.29, 0.717) is 12.2 Å². The second-order valence-electron chi connectivity index (χ2n) is 4.43. The van der Waals surface area contributed by atoms with Crippen molar-refractivity contribution in [2.45, 2.75) is 6.42 Å². The van der Waals surface area contributed by atoms with Crippen LogP contribution in [0, 0.1) is 0 Å². The molecule has 3 aromatic rings. The zero-order valence-electron chi connectivity index (χ0n) is 10.6. The molecule has 0 saturated heterocycles. The number of nitrogens with one attached hydrogen (secondary N) is 1. The van der Waals surface area contributed by atoms with Crippen LogP contribution in [0.5, 0.6) is 0 Å². The molecule has 0 aliphatic rings. The number of hydrogen-bond acceptors (Lipinski definition) is 2. The van der Waals surface area contributed by atoms with Gasteiger partial charge in [0, 0.05) is 28.9 Å². The molecule has 100 valence electrons. The molecule has 0 saturated carbocycles. The van der Waals surface area contributed by atoms with Crippen molar-refractivity contribution in [3.05, 3.63) is 80.8 Å². The molecule has 3 rings (SSSR count). The van der Waals surface area contributed by atoms with Crippen LogP contribution < -0.4 is 5.56 Å². The van der Waals surface area contributed by atoms with E-state index < -0.39 is 0 Å². The van der Waals surface area contributed by atoms with Gasteiger partial charge in [-0.2, -0.15) is 0 Å². The molecule has 0 atom stereocenters. The van der Waals surface area contributed by atoms with E-state index in [-0.39, 0.29) is 5.56 Å². The molecule has 0 bridgehead atoms. The summed E-state index contributed by atoms with van der Waals surface area (Å²) in [6.45, 7) is 0. The average molecular weight is 330 g/mol. The Hall–Kier alpha value is -2.14. The lowest BCUT2D eigenvalue weighted by Crippen LogP contribution is -2.18. The standard InChI is InChI=1S/C15H12BrN3O/c16-13-6-4-11(5-7-13)9-12-10-18-19(15(12)20)14-3-1-2-8-17-14/h1-8,10,18H,9H2. The van der Waals surface area contributed by atoms with Crippen molar-refractivity contribution in [1.82, 2.24) is 14.8 Å². The van der Waals surface area contributed by atoms with Gasteiger partial charge < -0.3 is 0 Å². The summed E-state index contributed by atoms with van der Waals surface area (Å²) in [7, 11) is 0. The van der Waals surface area contributed by atoms with Gasteiger partial charge in [-0.3, -0.25) is 9.89 Å². The quantitative estimate of drug-likeness (QED) is 0.803. The minimum atomic E-state index is -0.0633. The van der Waals surface area contributed by atoms with E-state index in [1.54, 1.807) is 18.5 Å². The summed E-state index contributed by atoms with van der Waals surface area (Å²) in [5, 5.41) is 2.95. The Bertz CT molecular complexity index is 760. The number of H-pyrrole nitrogens is 1. The van der Waals surface area contributed by atoms with Crippen molar-refractivity contribution in [3.8, 4) is 5.82 Å². The summed E-state index contributed by atoms with van der Waals surface area (Å²) in [6.07, 6.45) is 4.00. The number of rotatable bonds is 3. The van der Waals surface area contributed by atoms with E-state index in [1.165, 1.54) is 4.68 Å². The van der Waals surface area contributed by atoms with Gasteiger partial charge in [0.15, 0.2) is 5.82 Å². The summed E-state index contributed by atoms with van der Waals surface area (Å²) in [5.74, 6) is 0.597. The van der Waals surface area contributed by atoms with Crippen LogP contribution in [0.3, 0.4) is 0 Å². The molecule has 5 heteroatoms. The van der Waals surface area contributed by atoms with Crippen molar-refractivity contribution in [2.75, 3.05) is 0 Å². The highest BCUT2D eigenvalue weighted by Crippen LogP contribution is 2.12. The van der Waals surface area contributed by atoms with Crippen LogP contribution >= 0.6 is 15.9 Å². The SMILES string of the molecule is O=c1c(Cc2ccc(Br)cc2)c[nH]n1-c1ccccn1. The second-order valence-corrected chi connectivity index (χ2v) is 5.35. The van der Waals surface area contributed by atoms with Gasteiger partial charge in [-0.1, -0.05) is 34.1 Å². The van der Waals surface area contributed by atoms with E-state index in [4.69, 9.17) is 0 Å². The number of nitrogens with zero attached hydrogens (tertiary/aromatic N) is 2. The summed E-state index contributed by atoms with van der Waals surface area (Å²) >= 11 is 3.40. The van der Waals surface area contributed by atoms with Crippen LogP contribution in [0.1, 0.15) is 11.1 Å². The molecule has 0 aliphatic carbocycles. The number of halogens is 1. The average Bonchev–Trinajstić information content (AvgIpc) is 2.84. The molecule has 1 N–H and O–H groups in total. The summed E-state index contributed by atoms with van der Waals surface area (Å²) in [6, 6.07) is 13.4. The molecule has 2 aromatic heterocycles. The Morgan fingerprint density at radius 1 is 1.15 bits per heavy atom. The maximum Gasteiger partial charge on any atom is 0.276 e. The number of hydrogen-bond donors (Lipinski definition) is 1. The Kier molecular flexibility index (Phi) is 3.52. The highest BCUT2D eigenvalue weighted by atomic mass is 79.9. The number of benzene rings is 1. The molecule has 0 unspecified atom stereocenters. The van der Waals surface area contributed by atoms with Crippen LogP contribution in [-0.2, 0) is 6.42 Å². The number of pyridine rings is 1. The van der Waals surface area contributed by atoms with Crippen molar-refractivity contribution in [3.63, 3.8) is 0 Å². The van der Waals surface area contributed by atoms with Gasteiger partial charge in [0.25, 0.3) is 5.56 Å². The van der Waals surface area contributed by atoms with Gasteiger partial charge in [0.1, 0.15) is 0 Å². The lowest BCUT2D eigenvalue weighted by Gasteiger charge is -1.99. The first kappa shape index (κ1) is 12.9. The smallest absolute Gasteiger partial charge is 0.276 e. The summed E-state index contributed by atoms with van der Waals surface area (Å²) in [5.41, 5.74) is 1.75. The molecular weight excluding hydrogens is 318 g/mol. The van der Waals surface area contributed by atoms with Crippen molar-refractivity contribution in [1.29, 1.82) is 0 Å². The minimum absolute atomic E-state index is 0.0633. The fraction of sp³-hybridized carbons (Fsp3) is 0.0667. The van der Waals surface area contributed by atoms with Crippen molar-refractivity contribution >= 4 is 15.9 Å². The molecule has 0 aliphatic heterocycles. The first-order chi connectivity index (χ1) is 9.74. The third-order valence-electron chi connectivity index (χ3n) is 3.03. The van der Waals surface area contributed by atoms with Crippen molar-refractivity contribution in [2.24, 2.45) is 0 Å². The molecule has 0 amide bonds. The van der Waals surface area contributed by atoms with E-state index in [1.807, 2.05) is 36.4 Å². The van der Waals surface area contributed by atoms with Gasteiger partial charge in [-0.15, -0.1) is 0 Å². The molecule has 2 heterocycles. The lowest BCUT2D eigenvalue weighted by molar-refractivity contribution is 0.817. The third kappa shape index (κ3) is 2.58. The van der Waals surface area contributed by atoms with Crippen LogP contribution in [0.15, 0.2) is 64.1 Å². The molecule has 4 nitrogen and oxygen atoms in total. The van der Waals surface area contributed by atoms with Gasteiger partial charge in [-0.25, -0.2) is 9.67 Å². The van der Waals surface area contributed by atoms with Crippen LogP contribution in [-0.4, -0.2) is 14.8 Å². The van der Waals surface area contributed by atoms with Gasteiger partial charge in [0.05, 0.1) is 0 Å². The first-order valence-electron chi connectivity index (χ1n) is 6.19. The molecule has 20 heavy (non-hydrogen) atoms. The minimum Gasteiger partial charge on any atom is -0.296 e. The van der Waals surface area contributed by atoms with Crippen LogP contribution in [0.4, 0.5) is 0 Å². The molecule has 0 radical (unpaired) electrons. The van der Waals surface area contributed by atoms with E-state index >= 15 is 0 Å². The fourth-order valence-electron chi connectivity index (χ4n) is 2.01. The van der Waals surface area contributed by atoms with Crippen molar-refractivity contribution < 1.29 is 0 Å². The summed E-state index contributed by atoms with van der Waals surface area (Å²) in [4.78, 5) is 16.5. The number of aromatic amines is 1. The van der Waals surface area contributed by atoms with Crippen LogP contribution in [0.25, 0.3) is 5.82 Å². The molecule has 1 aromatic carbocycles. The number of aromatic nitrogens is 3. The predicted molar refractivity (Wildman–Crippen MR) is 81.1 cm³/mol. The summed E-state index contributed by atoms with van der Waals surface area (Å²) < 4.78 is 2.48. The van der Waals surface area contributed by atoms with Gasteiger partial charge >= 0.3 is 0 Å². The Labute approximate surface area is 124 Å². The normalized spacial score (nSPS) is 10.7. The highest BCUT2D eigenvalue weighted by molar-refractivity contribution is 9.10. The zero-order valence-corrected chi connectivity index (χ0v) is 12.2. The van der Waals surface area contributed by atoms with E-state index in [9.17, 15) is 4.79 Å². The Morgan fingerprint density at radius 3 is 2.65 bits per heavy atom. The third-order valence-corrected chi connectivity index (χ3v) is 3.56. The Balaban J connectivity index is 1.91. The van der Waals surface area contributed by atoms with Crippen LogP contribution in [0.2, 0.25) is 0 Å². The predicted octanol–water partition coefficient (Wildman–Crippen LogP) is 2.91. The molecule has 0 spiro atoms. The maximum atomic E-state index is 12.3. The fourth-order valence-corrected chi connectivity index (χ4v) is 2.28.